The Morgan fingerprint density at radius 1 is 1.64 bits per heavy atom. The lowest BCUT2D eigenvalue weighted by molar-refractivity contribution is -0.385. The van der Waals surface area contributed by atoms with Crippen molar-refractivity contribution in [3.8, 4) is 0 Å². The van der Waals surface area contributed by atoms with Crippen LogP contribution in [0.5, 0.6) is 0 Å². The van der Waals surface area contributed by atoms with Gasteiger partial charge in [0.1, 0.15) is 0 Å². The Bertz CT molecular complexity index is 354. The molecule has 4 nitrogen and oxygen atoms in total. The maximum Gasteiger partial charge on any atom is 0.283 e. The van der Waals surface area contributed by atoms with Crippen LogP contribution >= 0.6 is 15.9 Å². The monoisotopic (exact) mass is 258 g/mol. The number of halogens is 1. The molecule has 0 amide bonds. The van der Waals surface area contributed by atoms with E-state index < -0.39 is 4.92 Å². The Labute approximate surface area is 89.8 Å². The Kier molecular flexibility index (Phi) is 3.60. The Hall–Kier alpha value is -0.940. The van der Waals surface area contributed by atoms with Gasteiger partial charge in [0.2, 0.25) is 0 Å². The number of nitrogens with zero attached hydrogens (tertiary/aromatic N) is 1. The zero-order valence-electron chi connectivity index (χ0n) is 7.31. The molecule has 0 aliphatic rings. The van der Waals surface area contributed by atoms with Gasteiger partial charge in [-0.15, -0.1) is 0 Å². The summed E-state index contributed by atoms with van der Waals surface area (Å²) in [4.78, 5) is 10.0. The van der Waals surface area contributed by atoms with Crippen molar-refractivity contribution in [2.24, 2.45) is 0 Å². The zero-order valence-corrected chi connectivity index (χ0v) is 8.90. The molecule has 0 bridgehead atoms. The highest BCUT2D eigenvalue weighted by Crippen LogP contribution is 2.28. The van der Waals surface area contributed by atoms with E-state index in [1.807, 2.05) is 0 Å². The first-order valence-electron chi connectivity index (χ1n) is 3.94. The fraction of sp³-hybridized carbons (Fsp3) is 0.222. The standard InChI is InChI=1S/C9H9BrNO3/c1-6(5-12)7-2-3-9(11(13)14)8(10)4-7/h2-4,6,12H,1,5H2. The number of aliphatic hydroxyl groups is 1. The summed E-state index contributed by atoms with van der Waals surface area (Å²) in [5, 5.41) is 19.3. The molecule has 1 radical (unpaired) electrons. The van der Waals surface area contributed by atoms with Gasteiger partial charge in [-0.3, -0.25) is 10.1 Å². The number of hydrogen-bond acceptors (Lipinski definition) is 3. The third-order valence-electron chi connectivity index (χ3n) is 1.86. The van der Waals surface area contributed by atoms with E-state index >= 15 is 0 Å². The van der Waals surface area contributed by atoms with Gasteiger partial charge >= 0.3 is 0 Å². The van der Waals surface area contributed by atoms with E-state index in [-0.39, 0.29) is 18.2 Å². The SMILES string of the molecule is [CH2]C(CO)c1ccc([N+](=O)[O-])c(Br)c1. The highest BCUT2D eigenvalue weighted by Gasteiger charge is 2.13. The smallest absolute Gasteiger partial charge is 0.283 e. The van der Waals surface area contributed by atoms with Crippen LogP contribution in [0.1, 0.15) is 11.5 Å². The van der Waals surface area contributed by atoms with Crippen molar-refractivity contribution in [1.82, 2.24) is 0 Å². The van der Waals surface area contributed by atoms with E-state index in [0.29, 0.717) is 4.47 Å². The quantitative estimate of drug-likeness (QED) is 0.668. The summed E-state index contributed by atoms with van der Waals surface area (Å²) in [6.45, 7) is 3.62. The summed E-state index contributed by atoms with van der Waals surface area (Å²) < 4.78 is 0.405. The average Bonchev–Trinajstić information content (AvgIpc) is 2.15. The van der Waals surface area contributed by atoms with E-state index in [0.717, 1.165) is 5.56 Å². The van der Waals surface area contributed by atoms with Gasteiger partial charge in [-0.2, -0.15) is 0 Å². The molecule has 75 valence electrons. The average molecular weight is 259 g/mol. The third-order valence-corrected chi connectivity index (χ3v) is 2.50. The van der Waals surface area contributed by atoms with Crippen molar-refractivity contribution in [2.45, 2.75) is 5.92 Å². The van der Waals surface area contributed by atoms with Gasteiger partial charge in [-0.25, -0.2) is 0 Å². The first-order valence-corrected chi connectivity index (χ1v) is 4.73. The van der Waals surface area contributed by atoms with Crippen molar-refractivity contribution >= 4 is 21.6 Å². The first kappa shape index (κ1) is 11.1. The number of rotatable bonds is 3. The molecule has 1 aromatic carbocycles. The molecule has 1 N–H and O–H groups in total. The molecular weight excluding hydrogens is 250 g/mol. The molecule has 0 fully saturated rings. The number of nitro groups is 1. The van der Waals surface area contributed by atoms with Crippen molar-refractivity contribution in [2.75, 3.05) is 6.61 Å². The van der Waals surface area contributed by atoms with Crippen LogP contribution < -0.4 is 0 Å². The Morgan fingerprint density at radius 2 is 2.29 bits per heavy atom. The highest BCUT2D eigenvalue weighted by molar-refractivity contribution is 9.10. The van der Waals surface area contributed by atoms with Gasteiger partial charge in [0.05, 0.1) is 9.40 Å². The summed E-state index contributed by atoms with van der Waals surface area (Å²) in [5.74, 6) is -0.257. The highest BCUT2D eigenvalue weighted by atomic mass is 79.9. The lowest BCUT2D eigenvalue weighted by Gasteiger charge is -2.07. The zero-order chi connectivity index (χ0) is 10.7. The lowest BCUT2D eigenvalue weighted by Crippen LogP contribution is -2.00. The summed E-state index contributed by atoms with van der Waals surface area (Å²) >= 11 is 3.09. The molecule has 1 aromatic rings. The summed E-state index contributed by atoms with van der Waals surface area (Å²) in [6.07, 6.45) is 0. The van der Waals surface area contributed by atoms with Crippen LogP contribution in [-0.4, -0.2) is 16.6 Å². The van der Waals surface area contributed by atoms with Gasteiger partial charge in [-0.05, 0) is 34.5 Å². The van der Waals surface area contributed by atoms with Crippen molar-refractivity contribution < 1.29 is 10.0 Å². The van der Waals surface area contributed by atoms with E-state index in [1.165, 1.54) is 6.07 Å². The van der Waals surface area contributed by atoms with Gasteiger partial charge in [0.15, 0.2) is 0 Å². The molecule has 0 aliphatic heterocycles. The molecule has 1 unspecified atom stereocenters. The largest absolute Gasteiger partial charge is 0.396 e. The third kappa shape index (κ3) is 2.30. The summed E-state index contributed by atoms with van der Waals surface area (Å²) in [6, 6.07) is 4.59. The molecule has 0 heterocycles. The van der Waals surface area contributed by atoms with Gasteiger partial charge in [-0.1, -0.05) is 6.07 Å². The predicted molar refractivity (Wildman–Crippen MR) is 56.0 cm³/mol. The molecular formula is C9H9BrNO3. The second kappa shape index (κ2) is 4.52. The molecule has 5 heteroatoms. The fourth-order valence-corrected chi connectivity index (χ4v) is 1.57. The number of aliphatic hydroxyl groups excluding tert-OH is 1. The van der Waals surface area contributed by atoms with Gasteiger partial charge in [0, 0.05) is 18.6 Å². The topological polar surface area (TPSA) is 63.4 Å². The minimum atomic E-state index is -0.467. The van der Waals surface area contributed by atoms with E-state index in [2.05, 4.69) is 22.9 Å². The number of nitro benzene ring substituents is 1. The predicted octanol–water partition coefficient (Wildman–Crippen LogP) is 2.27. The summed E-state index contributed by atoms with van der Waals surface area (Å²) in [5.41, 5.74) is 0.781. The Morgan fingerprint density at radius 3 is 2.71 bits per heavy atom. The Balaban J connectivity index is 3.06. The fourth-order valence-electron chi connectivity index (χ4n) is 1.03. The first-order chi connectivity index (χ1) is 6.56. The second-order valence-corrected chi connectivity index (χ2v) is 3.70. The number of benzene rings is 1. The van der Waals surface area contributed by atoms with E-state index in [4.69, 9.17) is 5.11 Å². The maximum atomic E-state index is 10.5. The number of hydrogen-bond donors (Lipinski definition) is 1. The molecule has 14 heavy (non-hydrogen) atoms. The van der Waals surface area contributed by atoms with Crippen LogP contribution in [0.2, 0.25) is 0 Å². The molecule has 1 atom stereocenters. The minimum Gasteiger partial charge on any atom is -0.396 e. The minimum absolute atomic E-state index is 0.0129. The van der Waals surface area contributed by atoms with Crippen molar-refractivity contribution in [3.05, 3.63) is 45.3 Å². The van der Waals surface area contributed by atoms with Crippen LogP contribution in [0.3, 0.4) is 0 Å². The molecule has 1 rings (SSSR count). The lowest BCUT2D eigenvalue weighted by atomic mass is 10.0. The van der Waals surface area contributed by atoms with Gasteiger partial charge < -0.3 is 5.11 Å². The van der Waals surface area contributed by atoms with Crippen molar-refractivity contribution in [3.63, 3.8) is 0 Å². The van der Waals surface area contributed by atoms with Crippen molar-refractivity contribution in [1.29, 1.82) is 0 Å². The van der Waals surface area contributed by atoms with E-state index in [9.17, 15) is 10.1 Å². The van der Waals surface area contributed by atoms with Crippen LogP contribution in [0.25, 0.3) is 0 Å². The van der Waals surface area contributed by atoms with Crippen LogP contribution in [0.15, 0.2) is 22.7 Å². The van der Waals surface area contributed by atoms with Gasteiger partial charge in [0.25, 0.3) is 5.69 Å². The second-order valence-electron chi connectivity index (χ2n) is 2.85. The molecule has 0 saturated carbocycles. The van der Waals surface area contributed by atoms with E-state index in [1.54, 1.807) is 12.1 Å². The molecule has 0 spiro atoms. The van der Waals surface area contributed by atoms with Crippen LogP contribution in [-0.2, 0) is 0 Å². The van der Waals surface area contributed by atoms with Crippen LogP contribution in [0.4, 0.5) is 5.69 Å². The summed E-state index contributed by atoms with van der Waals surface area (Å²) in [7, 11) is 0. The van der Waals surface area contributed by atoms with Crippen LogP contribution in [0, 0.1) is 17.0 Å². The maximum absolute atomic E-state index is 10.5. The molecule has 0 aliphatic carbocycles. The molecule has 0 aromatic heterocycles. The normalized spacial score (nSPS) is 12.5. The molecule has 0 saturated heterocycles.